The van der Waals surface area contributed by atoms with Crippen molar-refractivity contribution in [3.05, 3.63) is 58.6 Å². The predicted octanol–water partition coefficient (Wildman–Crippen LogP) is 3.29. The van der Waals surface area contributed by atoms with E-state index in [1.54, 1.807) is 29.3 Å². The number of hydrogen-bond donors (Lipinski definition) is 3. The molecule has 2 saturated heterocycles. The summed E-state index contributed by atoms with van der Waals surface area (Å²) in [6, 6.07) is 3.51. The van der Waals surface area contributed by atoms with Gasteiger partial charge >= 0.3 is 6.09 Å². The van der Waals surface area contributed by atoms with Crippen molar-refractivity contribution in [3.63, 3.8) is 0 Å². The number of carbonyl (C=O) groups excluding carboxylic acids is 2. The lowest BCUT2D eigenvalue weighted by Gasteiger charge is -2.38. The van der Waals surface area contributed by atoms with Crippen LogP contribution in [0.15, 0.2) is 53.1 Å². The molecule has 4 atom stereocenters. The van der Waals surface area contributed by atoms with Crippen molar-refractivity contribution in [3.8, 4) is 0 Å². The summed E-state index contributed by atoms with van der Waals surface area (Å²) >= 11 is 0. The first-order valence-electron chi connectivity index (χ1n) is 13.7. The fourth-order valence-corrected chi connectivity index (χ4v) is 5.92. The van der Waals surface area contributed by atoms with Gasteiger partial charge in [0.1, 0.15) is 11.4 Å². The molecule has 210 valence electrons. The van der Waals surface area contributed by atoms with Crippen LogP contribution in [0.4, 0.5) is 10.6 Å². The van der Waals surface area contributed by atoms with E-state index in [9.17, 15) is 14.7 Å². The number of nitrogens with zero attached hydrogens (tertiary/aromatic N) is 3. The number of fused-ring (bicyclic) bond motifs is 2. The Bertz CT molecular complexity index is 1230. The van der Waals surface area contributed by atoms with E-state index in [4.69, 9.17) is 9.47 Å². The second-order valence-corrected chi connectivity index (χ2v) is 11.9. The molecule has 10 heteroatoms. The number of hydrogen-bond acceptors (Lipinski definition) is 8. The Morgan fingerprint density at radius 1 is 1.28 bits per heavy atom. The van der Waals surface area contributed by atoms with Gasteiger partial charge in [-0.2, -0.15) is 0 Å². The Labute approximate surface area is 229 Å². The topological polar surface area (TPSA) is 116 Å². The first kappa shape index (κ1) is 27.1. The first-order chi connectivity index (χ1) is 18.5. The lowest BCUT2D eigenvalue weighted by Crippen LogP contribution is -2.52. The number of allylic oxidation sites excluding steroid dienone is 2. The Morgan fingerprint density at radius 2 is 2.08 bits per heavy atom. The number of pyridine rings is 1. The zero-order valence-corrected chi connectivity index (χ0v) is 23.4. The Kier molecular flexibility index (Phi) is 7.33. The molecule has 2 amide bonds. The van der Waals surface area contributed by atoms with Crippen molar-refractivity contribution in [2.75, 3.05) is 37.7 Å². The van der Waals surface area contributed by atoms with E-state index in [-0.39, 0.29) is 42.0 Å². The van der Waals surface area contributed by atoms with Crippen molar-refractivity contribution < 1.29 is 24.2 Å². The number of aromatic nitrogens is 1. The van der Waals surface area contributed by atoms with Gasteiger partial charge in [-0.25, -0.2) is 9.78 Å². The van der Waals surface area contributed by atoms with Crippen molar-refractivity contribution >= 4 is 17.8 Å². The summed E-state index contributed by atoms with van der Waals surface area (Å²) in [5.74, 6) is 0.881. The molecule has 1 aromatic heterocycles. The summed E-state index contributed by atoms with van der Waals surface area (Å²) < 4.78 is 11.6. The third-order valence-electron chi connectivity index (χ3n) is 7.69. The molecule has 0 spiro atoms. The summed E-state index contributed by atoms with van der Waals surface area (Å²) in [5, 5.41) is 16.2. The number of carbonyl (C=O) groups is 2. The number of anilines is 1. The van der Waals surface area contributed by atoms with Crippen LogP contribution in [-0.2, 0) is 9.47 Å². The summed E-state index contributed by atoms with van der Waals surface area (Å²) in [7, 11) is 0. The van der Waals surface area contributed by atoms with Gasteiger partial charge < -0.3 is 35.0 Å². The van der Waals surface area contributed by atoms with Crippen LogP contribution in [0.5, 0.6) is 0 Å². The average molecular weight is 538 g/mol. The van der Waals surface area contributed by atoms with E-state index in [0.29, 0.717) is 44.2 Å². The zero-order valence-electron chi connectivity index (χ0n) is 23.4. The fraction of sp³-hybridized carbons (Fsp3) is 0.552. The van der Waals surface area contributed by atoms with E-state index < -0.39 is 5.60 Å². The van der Waals surface area contributed by atoms with Gasteiger partial charge in [-0.05, 0) is 63.3 Å². The molecule has 4 aliphatic rings. The second-order valence-electron chi connectivity index (χ2n) is 11.9. The SMILES string of the molecule is CC1=C2C=C(CNC(=O)c3cccnc3N3CCOC4CN(C(=O)OC(C)(C)C)CC43)CC(C)C2NC(O)=C1. The van der Waals surface area contributed by atoms with Crippen LogP contribution < -0.4 is 15.5 Å². The molecule has 0 saturated carbocycles. The second kappa shape index (κ2) is 10.6. The highest BCUT2D eigenvalue weighted by Crippen LogP contribution is 2.33. The zero-order chi connectivity index (χ0) is 27.9. The number of ether oxygens (including phenoxy) is 2. The van der Waals surface area contributed by atoms with Crippen LogP contribution in [-0.4, -0.2) is 83.6 Å². The fourth-order valence-electron chi connectivity index (χ4n) is 5.92. The minimum Gasteiger partial charge on any atom is -0.495 e. The molecule has 39 heavy (non-hydrogen) atoms. The van der Waals surface area contributed by atoms with Gasteiger partial charge in [-0.3, -0.25) is 4.79 Å². The lowest BCUT2D eigenvalue weighted by molar-refractivity contribution is 0.0162. The minimum absolute atomic E-state index is 0.0697. The first-order valence-corrected chi connectivity index (χ1v) is 13.7. The van der Waals surface area contributed by atoms with Crippen LogP contribution in [0.1, 0.15) is 51.4 Å². The highest BCUT2D eigenvalue weighted by atomic mass is 16.6. The number of nitrogens with one attached hydrogen (secondary N) is 2. The Morgan fingerprint density at radius 3 is 2.85 bits per heavy atom. The molecule has 3 N–H and O–H groups in total. The summed E-state index contributed by atoms with van der Waals surface area (Å²) in [4.78, 5) is 34.6. The lowest BCUT2D eigenvalue weighted by atomic mass is 9.79. The van der Waals surface area contributed by atoms with Crippen LogP contribution in [0.25, 0.3) is 0 Å². The van der Waals surface area contributed by atoms with Gasteiger partial charge in [-0.1, -0.05) is 18.6 Å². The molecule has 3 aliphatic heterocycles. The molecular weight excluding hydrogens is 498 g/mol. The third kappa shape index (κ3) is 5.75. The maximum atomic E-state index is 13.5. The van der Waals surface area contributed by atoms with Gasteiger partial charge in [0.05, 0.1) is 36.9 Å². The Balaban J connectivity index is 1.30. The van der Waals surface area contributed by atoms with E-state index in [1.807, 2.05) is 27.7 Å². The van der Waals surface area contributed by atoms with Gasteiger partial charge in [0.15, 0.2) is 5.88 Å². The molecule has 1 aromatic rings. The number of morpholine rings is 1. The number of aliphatic hydroxyl groups is 1. The minimum atomic E-state index is -0.578. The molecule has 0 aromatic carbocycles. The molecule has 4 heterocycles. The van der Waals surface area contributed by atoms with Crippen LogP contribution in [0, 0.1) is 5.92 Å². The predicted molar refractivity (Wildman–Crippen MR) is 147 cm³/mol. The smallest absolute Gasteiger partial charge is 0.410 e. The van der Waals surface area contributed by atoms with Gasteiger partial charge in [0, 0.05) is 31.9 Å². The highest BCUT2D eigenvalue weighted by molar-refractivity contribution is 5.99. The molecule has 0 bridgehead atoms. The third-order valence-corrected chi connectivity index (χ3v) is 7.69. The maximum absolute atomic E-state index is 13.5. The average Bonchev–Trinajstić information content (AvgIpc) is 3.32. The van der Waals surface area contributed by atoms with Crippen molar-refractivity contribution in [2.24, 2.45) is 5.92 Å². The summed E-state index contributed by atoms with van der Waals surface area (Å²) in [6.07, 6.45) is 5.84. The van der Waals surface area contributed by atoms with Crippen molar-refractivity contribution in [1.29, 1.82) is 0 Å². The molecule has 0 radical (unpaired) electrons. The monoisotopic (exact) mass is 537 g/mol. The standard InChI is InChI=1S/C29H39N5O5/c1-17-12-24(35)32-25-18(2)11-19(13-21(17)25)14-31-27(36)20-7-6-8-30-26(20)34-9-10-38-23-16-33(15-22(23)34)28(37)39-29(3,4)5/h6-8,12-13,18,22-23,25,32,35H,9-11,14-16H2,1-5H3,(H,31,36). The van der Waals surface area contributed by atoms with Crippen molar-refractivity contribution in [1.82, 2.24) is 20.5 Å². The molecule has 10 nitrogen and oxygen atoms in total. The normalized spacial score (nSPS) is 26.7. The Hall–Kier alpha value is -3.53. The van der Waals surface area contributed by atoms with E-state index >= 15 is 0 Å². The maximum Gasteiger partial charge on any atom is 0.410 e. The summed E-state index contributed by atoms with van der Waals surface area (Å²) in [5.41, 5.74) is 3.23. The summed E-state index contributed by atoms with van der Waals surface area (Å²) in [6.45, 7) is 12.1. The highest BCUT2D eigenvalue weighted by Gasteiger charge is 2.44. The number of aliphatic hydroxyl groups excluding tert-OH is 1. The largest absolute Gasteiger partial charge is 0.495 e. The number of dihydropyridines is 1. The molecule has 4 unspecified atom stereocenters. The molecule has 2 fully saturated rings. The van der Waals surface area contributed by atoms with E-state index in [0.717, 1.165) is 23.1 Å². The number of rotatable bonds is 4. The van der Waals surface area contributed by atoms with Gasteiger partial charge in [0.2, 0.25) is 0 Å². The number of amides is 2. The molecule has 5 rings (SSSR count). The molecule has 1 aliphatic carbocycles. The van der Waals surface area contributed by atoms with Crippen molar-refractivity contribution in [2.45, 2.75) is 64.8 Å². The van der Waals surface area contributed by atoms with Gasteiger partial charge in [-0.15, -0.1) is 0 Å². The van der Waals surface area contributed by atoms with E-state index in [1.165, 1.54) is 0 Å². The quantitative estimate of drug-likeness (QED) is 0.536. The molecular formula is C29H39N5O5. The number of likely N-dealkylation sites (tertiary alicyclic amines) is 1. The van der Waals surface area contributed by atoms with Crippen LogP contribution in [0.3, 0.4) is 0 Å². The van der Waals surface area contributed by atoms with Gasteiger partial charge in [0.25, 0.3) is 5.91 Å². The van der Waals surface area contributed by atoms with Crippen LogP contribution >= 0.6 is 0 Å². The van der Waals surface area contributed by atoms with E-state index in [2.05, 4.69) is 33.5 Å². The van der Waals surface area contributed by atoms with Crippen LogP contribution in [0.2, 0.25) is 0 Å².